The van der Waals surface area contributed by atoms with Crippen molar-refractivity contribution in [3.05, 3.63) is 29.3 Å². The zero-order valence-electron chi connectivity index (χ0n) is 18.1. The number of rotatable bonds is 7. The first kappa shape index (κ1) is 23.1. The van der Waals surface area contributed by atoms with Crippen LogP contribution in [0.3, 0.4) is 0 Å². The molecule has 1 atom stereocenters. The van der Waals surface area contributed by atoms with Gasteiger partial charge in [0.25, 0.3) is 0 Å². The van der Waals surface area contributed by atoms with Gasteiger partial charge in [0.15, 0.2) is 14.9 Å². The average molecular weight is 427 g/mol. The lowest BCUT2D eigenvalue weighted by atomic mass is 10.1. The molecule has 2 rings (SSSR count). The highest BCUT2D eigenvalue weighted by Crippen LogP contribution is 2.21. The third kappa shape index (κ3) is 6.16. The summed E-state index contributed by atoms with van der Waals surface area (Å²) in [6.07, 6.45) is 0.648. The van der Waals surface area contributed by atoms with Gasteiger partial charge in [-0.25, -0.2) is 8.42 Å². The standard InChI is InChI=1S/C21H35N3O2S2/c1-15(2)23(16(3)4)10-11-24(19-9-12-28(25,26)14-19)21(27)22-20-13-17(5)7-8-18(20)6/h7-8,13,15-16,19H,9-12,14H2,1-6H3,(H,22,27)/p+1/t19-/m0/s1. The smallest absolute Gasteiger partial charge is 0.173 e. The fourth-order valence-electron chi connectivity index (χ4n) is 4.02. The summed E-state index contributed by atoms with van der Waals surface area (Å²) in [6, 6.07) is 7.22. The number of sulfone groups is 1. The third-order valence-electron chi connectivity index (χ3n) is 5.67. The van der Waals surface area contributed by atoms with E-state index in [0.29, 0.717) is 23.6 Å². The Morgan fingerprint density at radius 1 is 1.25 bits per heavy atom. The van der Waals surface area contributed by atoms with Gasteiger partial charge in [-0.1, -0.05) is 12.1 Å². The van der Waals surface area contributed by atoms with Gasteiger partial charge in [-0.3, -0.25) is 0 Å². The van der Waals surface area contributed by atoms with Crippen LogP contribution in [-0.4, -0.2) is 61.2 Å². The van der Waals surface area contributed by atoms with E-state index in [-0.39, 0.29) is 17.5 Å². The van der Waals surface area contributed by atoms with Gasteiger partial charge in [-0.15, -0.1) is 0 Å². The summed E-state index contributed by atoms with van der Waals surface area (Å²) in [4.78, 5) is 3.62. The van der Waals surface area contributed by atoms with Crippen LogP contribution in [0.1, 0.15) is 45.2 Å². The van der Waals surface area contributed by atoms with Crippen molar-refractivity contribution in [1.82, 2.24) is 4.90 Å². The van der Waals surface area contributed by atoms with Crippen molar-refractivity contribution >= 4 is 32.9 Å². The second kappa shape index (κ2) is 9.55. The molecule has 0 unspecified atom stereocenters. The van der Waals surface area contributed by atoms with Crippen molar-refractivity contribution in [1.29, 1.82) is 0 Å². The molecular weight excluding hydrogens is 390 g/mol. The molecule has 0 spiro atoms. The predicted octanol–water partition coefficient (Wildman–Crippen LogP) is 2.19. The van der Waals surface area contributed by atoms with Gasteiger partial charge < -0.3 is 15.1 Å². The largest absolute Gasteiger partial charge is 0.339 e. The molecule has 1 saturated heterocycles. The van der Waals surface area contributed by atoms with Crippen molar-refractivity contribution in [3.63, 3.8) is 0 Å². The molecule has 0 bridgehead atoms. The number of hydrogen-bond acceptors (Lipinski definition) is 3. The lowest BCUT2D eigenvalue weighted by molar-refractivity contribution is -0.941. The molecule has 1 aromatic carbocycles. The maximum atomic E-state index is 12.1. The van der Waals surface area contributed by atoms with E-state index >= 15 is 0 Å². The van der Waals surface area contributed by atoms with Gasteiger partial charge in [-0.2, -0.15) is 0 Å². The maximum Gasteiger partial charge on any atom is 0.173 e. The Bertz CT molecular complexity index is 783. The van der Waals surface area contributed by atoms with Gasteiger partial charge in [0.05, 0.1) is 36.7 Å². The number of benzene rings is 1. The molecule has 5 nitrogen and oxygen atoms in total. The lowest BCUT2D eigenvalue weighted by Gasteiger charge is -2.34. The Hall–Kier alpha value is -1.18. The molecule has 7 heteroatoms. The van der Waals surface area contributed by atoms with Gasteiger partial charge in [-0.05, 0) is 77.4 Å². The summed E-state index contributed by atoms with van der Waals surface area (Å²) >= 11 is 5.77. The summed E-state index contributed by atoms with van der Waals surface area (Å²) < 4.78 is 24.2. The molecule has 2 N–H and O–H groups in total. The molecule has 0 aliphatic carbocycles. The first-order valence-corrected chi connectivity index (χ1v) is 12.4. The number of aryl methyl sites for hydroxylation is 2. The lowest BCUT2D eigenvalue weighted by Crippen LogP contribution is -3.18. The van der Waals surface area contributed by atoms with E-state index in [2.05, 4.69) is 70.0 Å². The van der Waals surface area contributed by atoms with Crippen LogP contribution in [0.15, 0.2) is 18.2 Å². The minimum absolute atomic E-state index is 0.0457. The number of nitrogens with one attached hydrogen (secondary N) is 2. The van der Waals surface area contributed by atoms with Crippen molar-refractivity contribution in [2.75, 3.05) is 29.9 Å². The quantitative estimate of drug-likeness (QED) is 0.655. The highest BCUT2D eigenvalue weighted by atomic mass is 32.2. The van der Waals surface area contributed by atoms with Crippen LogP contribution in [0.4, 0.5) is 5.69 Å². The molecular formula is C21H36N3O2S2+. The molecule has 0 radical (unpaired) electrons. The second-order valence-corrected chi connectivity index (χ2v) is 11.2. The predicted molar refractivity (Wildman–Crippen MR) is 122 cm³/mol. The minimum atomic E-state index is -2.97. The van der Waals surface area contributed by atoms with E-state index in [0.717, 1.165) is 24.3 Å². The molecule has 158 valence electrons. The second-order valence-electron chi connectivity index (χ2n) is 8.63. The summed E-state index contributed by atoms with van der Waals surface area (Å²) in [6.45, 7) is 14.7. The average Bonchev–Trinajstić information content (AvgIpc) is 2.93. The molecule has 1 aliphatic heterocycles. The van der Waals surface area contributed by atoms with Crippen LogP contribution < -0.4 is 10.2 Å². The van der Waals surface area contributed by atoms with E-state index in [1.807, 2.05) is 0 Å². The normalized spacial score (nSPS) is 18.8. The van der Waals surface area contributed by atoms with Crippen molar-refractivity contribution in [3.8, 4) is 0 Å². The maximum absolute atomic E-state index is 12.1. The van der Waals surface area contributed by atoms with Crippen molar-refractivity contribution in [2.24, 2.45) is 0 Å². The molecule has 0 amide bonds. The highest BCUT2D eigenvalue weighted by molar-refractivity contribution is 7.91. The molecule has 1 aromatic rings. The van der Waals surface area contributed by atoms with Crippen molar-refractivity contribution < 1.29 is 13.3 Å². The fourth-order valence-corrected chi connectivity index (χ4v) is 6.10. The van der Waals surface area contributed by atoms with Crippen LogP contribution in [0, 0.1) is 13.8 Å². The topological polar surface area (TPSA) is 53.9 Å². The van der Waals surface area contributed by atoms with Crippen molar-refractivity contribution in [2.45, 2.75) is 66.1 Å². The zero-order chi connectivity index (χ0) is 21.1. The van der Waals surface area contributed by atoms with E-state index in [1.54, 1.807) is 0 Å². The van der Waals surface area contributed by atoms with Crippen LogP contribution in [0.2, 0.25) is 0 Å². The van der Waals surface area contributed by atoms with Crippen LogP contribution in [0.5, 0.6) is 0 Å². The van der Waals surface area contributed by atoms with Crippen LogP contribution in [-0.2, 0) is 9.84 Å². The molecule has 0 saturated carbocycles. The number of thiocarbonyl (C=S) groups is 1. The number of anilines is 1. The summed E-state index contributed by atoms with van der Waals surface area (Å²) in [7, 11) is -2.97. The zero-order valence-corrected chi connectivity index (χ0v) is 19.7. The van der Waals surface area contributed by atoms with Gasteiger partial charge in [0, 0.05) is 11.7 Å². The number of nitrogens with zero attached hydrogens (tertiary/aromatic N) is 1. The Morgan fingerprint density at radius 3 is 2.43 bits per heavy atom. The van der Waals surface area contributed by atoms with Crippen LogP contribution >= 0.6 is 12.2 Å². The Kier molecular flexibility index (Phi) is 7.88. The fraction of sp³-hybridized carbons (Fsp3) is 0.667. The van der Waals surface area contributed by atoms with E-state index < -0.39 is 9.84 Å². The summed E-state index contributed by atoms with van der Waals surface area (Å²) in [5.41, 5.74) is 3.29. The van der Waals surface area contributed by atoms with Gasteiger partial charge in [0.1, 0.15) is 0 Å². The van der Waals surface area contributed by atoms with E-state index in [9.17, 15) is 8.42 Å². The number of hydrogen-bond donors (Lipinski definition) is 2. The molecule has 1 aliphatic rings. The Labute approximate surface area is 176 Å². The van der Waals surface area contributed by atoms with Gasteiger partial charge in [0.2, 0.25) is 0 Å². The van der Waals surface area contributed by atoms with Gasteiger partial charge >= 0.3 is 0 Å². The molecule has 0 aromatic heterocycles. The third-order valence-corrected chi connectivity index (χ3v) is 7.76. The van der Waals surface area contributed by atoms with E-state index in [4.69, 9.17) is 12.2 Å². The Morgan fingerprint density at radius 2 is 1.89 bits per heavy atom. The minimum Gasteiger partial charge on any atom is -0.339 e. The summed E-state index contributed by atoms with van der Waals surface area (Å²) in [5.74, 6) is 0.450. The highest BCUT2D eigenvalue weighted by Gasteiger charge is 2.34. The molecule has 1 heterocycles. The van der Waals surface area contributed by atoms with Crippen LogP contribution in [0.25, 0.3) is 0 Å². The first-order valence-electron chi connectivity index (χ1n) is 10.2. The first-order chi connectivity index (χ1) is 13.0. The SMILES string of the molecule is Cc1ccc(C)c(NC(=S)N(CC[NH+](C(C)C)C(C)C)[C@H]2CCS(=O)(=O)C2)c1. The molecule has 28 heavy (non-hydrogen) atoms. The summed E-state index contributed by atoms with van der Waals surface area (Å²) in [5, 5.41) is 4.02. The Balaban J connectivity index is 2.19. The number of quaternary nitrogens is 1. The van der Waals surface area contributed by atoms with E-state index in [1.165, 1.54) is 10.5 Å². The molecule has 1 fully saturated rings. The monoisotopic (exact) mass is 426 g/mol.